The van der Waals surface area contributed by atoms with Gasteiger partial charge in [-0.2, -0.15) is 0 Å². The molecule has 0 aromatic heterocycles. The zero-order valence-corrected chi connectivity index (χ0v) is 8.80. The molecule has 1 atom stereocenters. The normalized spacial score (nSPS) is 13.8. The van der Waals surface area contributed by atoms with E-state index in [4.69, 9.17) is 14.9 Å². The van der Waals surface area contributed by atoms with E-state index in [1.807, 2.05) is 6.92 Å². The van der Waals surface area contributed by atoms with Crippen molar-refractivity contribution in [3.8, 4) is 0 Å². The molecule has 2 N–H and O–H groups in total. The predicted molar refractivity (Wildman–Crippen MR) is 44.7 cm³/mol. The van der Waals surface area contributed by atoms with Crippen LogP contribution in [0.4, 0.5) is 0 Å². The molecule has 4 heteroatoms. The third-order valence-electron chi connectivity index (χ3n) is 1.28. The first-order valence-corrected chi connectivity index (χ1v) is 4.47. The third kappa shape index (κ3) is 6.22. The van der Waals surface area contributed by atoms with Gasteiger partial charge in [-0.05, 0) is 26.3 Å². The van der Waals surface area contributed by atoms with Crippen molar-refractivity contribution in [2.75, 3.05) is 13.2 Å². The SMILES string of the molecule is CC(O[SiH3])OCCCCN. The molecule has 0 aliphatic rings. The molecule has 0 radical (unpaired) electrons. The highest BCUT2D eigenvalue weighted by Crippen LogP contribution is 1.93. The predicted octanol–water partition coefficient (Wildman–Crippen LogP) is -0.615. The lowest BCUT2D eigenvalue weighted by Gasteiger charge is -2.10. The lowest BCUT2D eigenvalue weighted by Crippen LogP contribution is -2.12. The smallest absolute Gasteiger partial charge is 0.149 e. The summed E-state index contributed by atoms with van der Waals surface area (Å²) in [6.07, 6.45) is 2.05. The summed E-state index contributed by atoms with van der Waals surface area (Å²) in [4.78, 5) is 0. The van der Waals surface area contributed by atoms with Crippen molar-refractivity contribution >= 4 is 10.5 Å². The van der Waals surface area contributed by atoms with Crippen molar-refractivity contribution in [3.05, 3.63) is 0 Å². The molecular weight excluding hydrogens is 146 g/mol. The Balaban J connectivity index is 2.89. The summed E-state index contributed by atoms with van der Waals surface area (Å²) >= 11 is 0. The van der Waals surface area contributed by atoms with Gasteiger partial charge in [0.2, 0.25) is 0 Å². The Bertz CT molecular complexity index is 72.8. The molecule has 0 aliphatic carbocycles. The van der Waals surface area contributed by atoms with Gasteiger partial charge in [-0.3, -0.25) is 0 Å². The van der Waals surface area contributed by atoms with E-state index in [9.17, 15) is 0 Å². The van der Waals surface area contributed by atoms with Crippen molar-refractivity contribution in [1.29, 1.82) is 0 Å². The summed E-state index contributed by atoms with van der Waals surface area (Å²) in [7, 11) is 0.742. The van der Waals surface area contributed by atoms with Gasteiger partial charge in [0.05, 0.1) is 0 Å². The van der Waals surface area contributed by atoms with Crippen LogP contribution in [0.15, 0.2) is 0 Å². The van der Waals surface area contributed by atoms with E-state index < -0.39 is 0 Å². The molecular formula is C6H17NO2Si. The summed E-state index contributed by atoms with van der Waals surface area (Å²) in [5, 5.41) is 0. The van der Waals surface area contributed by atoms with E-state index in [1.54, 1.807) is 0 Å². The highest BCUT2D eigenvalue weighted by Gasteiger charge is 1.95. The van der Waals surface area contributed by atoms with Crippen molar-refractivity contribution in [2.45, 2.75) is 26.1 Å². The minimum absolute atomic E-state index is 0.0237. The summed E-state index contributed by atoms with van der Waals surface area (Å²) in [6, 6.07) is 0. The van der Waals surface area contributed by atoms with E-state index in [0.717, 1.165) is 36.5 Å². The fourth-order valence-electron chi connectivity index (χ4n) is 0.564. The number of rotatable bonds is 6. The number of hydrogen-bond donors (Lipinski definition) is 1. The van der Waals surface area contributed by atoms with Gasteiger partial charge < -0.3 is 14.9 Å². The van der Waals surface area contributed by atoms with Crippen LogP contribution in [-0.2, 0) is 9.16 Å². The summed E-state index contributed by atoms with van der Waals surface area (Å²) < 4.78 is 10.3. The second-order valence-electron chi connectivity index (χ2n) is 2.17. The fourth-order valence-corrected chi connectivity index (χ4v) is 0.700. The zero-order chi connectivity index (χ0) is 7.82. The van der Waals surface area contributed by atoms with Crippen molar-refractivity contribution < 1.29 is 9.16 Å². The standard InChI is InChI=1S/C6H17NO2Si/c1-6(9-10)8-5-3-2-4-7/h6H,2-5,7H2,1,10H3. The van der Waals surface area contributed by atoms with E-state index in [1.165, 1.54) is 0 Å². The maximum Gasteiger partial charge on any atom is 0.149 e. The molecule has 0 rings (SSSR count). The van der Waals surface area contributed by atoms with Crippen LogP contribution in [0, 0.1) is 0 Å². The topological polar surface area (TPSA) is 44.5 Å². The second kappa shape index (κ2) is 7.21. The molecule has 10 heavy (non-hydrogen) atoms. The van der Waals surface area contributed by atoms with Crippen LogP contribution in [0.1, 0.15) is 19.8 Å². The molecule has 3 nitrogen and oxygen atoms in total. The summed E-state index contributed by atoms with van der Waals surface area (Å²) in [5.41, 5.74) is 5.30. The van der Waals surface area contributed by atoms with Crippen LogP contribution in [0.5, 0.6) is 0 Å². The first kappa shape index (κ1) is 10.1. The largest absolute Gasteiger partial charge is 0.404 e. The third-order valence-corrected chi connectivity index (χ3v) is 1.95. The molecule has 0 aromatic carbocycles. The minimum Gasteiger partial charge on any atom is -0.404 e. The fraction of sp³-hybridized carbons (Fsp3) is 1.00. The van der Waals surface area contributed by atoms with Gasteiger partial charge in [0, 0.05) is 6.61 Å². The lowest BCUT2D eigenvalue weighted by atomic mass is 10.3. The number of ether oxygens (including phenoxy) is 1. The van der Waals surface area contributed by atoms with Gasteiger partial charge in [-0.15, -0.1) is 0 Å². The Kier molecular flexibility index (Phi) is 7.28. The Morgan fingerprint density at radius 3 is 2.70 bits per heavy atom. The van der Waals surface area contributed by atoms with E-state index in [0.29, 0.717) is 0 Å². The van der Waals surface area contributed by atoms with Gasteiger partial charge in [0.15, 0.2) is 0 Å². The Labute approximate surface area is 65.4 Å². The van der Waals surface area contributed by atoms with Crippen LogP contribution >= 0.6 is 0 Å². The number of unbranched alkanes of at least 4 members (excludes halogenated alkanes) is 1. The van der Waals surface area contributed by atoms with Gasteiger partial charge in [-0.25, -0.2) is 0 Å². The highest BCUT2D eigenvalue weighted by molar-refractivity contribution is 5.98. The quantitative estimate of drug-likeness (QED) is 0.323. The van der Waals surface area contributed by atoms with Crippen LogP contribution < -0.4 is 5.73 Å². The molecule has 0 amide bonds. The van der Waals surface area contributed by atoms with Crippen molar-refractivity contribution in [2.24, 2.45) is 5.73 Å². The van der Waals surface area contributed by atoms with Gasteiger partial charge in [-0.1, -0.05) is 0 Å². The number of hydrogen-bond acceptors (Lipinski definition) is 3. The van der Waals surface area contributed by atoms with E-state index in [2.05, 4.69) is 0 Å². The summed E-state index contributed by atoms with van der Waals surface area (Å²) in [5.74, 6) is 0. The Morgan fingerprint density at radius 1 is 1.50 bits per heavy atom. The molecule has 0 fully saturated rings. The van der Waals surface area contributed by atoms with Crippen LogP contribution in [0.3, 0.4) is 0 Å². The van der Waals surface area contributed by atoms with Crippen molar-refractivity contribution in [3.63, 3.8) is 0 Å². The molecule has 0 heterocycles. The summed E-state index contributed by atoms with van der Waals surface area (Å²) in [6.45, 7) is 3.43. The van der Waals surface area contributed by atoms with E-state index in [-0.39, 0.29) is 6.29 Å². The van der Waals surface area contributed by atoms with Gasteiger partial charge >= 0.3 is 0 Å². The Hall–Kier alpha value is 0.0969. The monoisotopic (exact) mass is 163 g/mol. The molecule has 0 saturated heterocycles. The van der Waals surface area contributed by atoms with Gasteiger partial charge in [0.1, 0.15) is 16.8 Å². The Morgan fingerprint density at radius 2 is 2.20 bits per heavy atom. The molecule has 1 unspecified atom stereocenters. The second-order valence-corrected chi connectivity index (χ2v) is 2.64. The first-order valence-electron chi connectivity index (χ1n) is 3.65. The number of nitrogens with two attached hydrogens (primary N) is 1. The van der Waals surface area contributed by atoms with Crippen LogP contribution in [0.25, 0.3) is 0 Å². The average Bonchev–Trinajstić information content (AvgIpc) is 1.98. The average molecular weight is 163 g/mol. The zero-order valence-electron chi connectivity index (χ0n) is 6.80. The first-order chi connectivity index (χ1) is 4.81. The van der Waals surface area contributed by atoms with E-state index >= 15 is 0 Å². The van der Waals surface area contributed by atoms with Crippen LogP contribution in [-0.4, -0.2) is 29.9 Å². The molecule has 0 spiro atoms. The van der Waals surface area contributed by atoms with Gasteiger partial charge in [0.25, 0.3) is 0 Å². The highest BCUT2D eigenvalue weighted by atomic mass is 28.2. The maximum atomic E-state index is 5.30. The lowest BCUT2D eigenvalue weighted by molar-refractivity contribution is -0.0637. The van der Waals surface area contributed by atoms with Crippen LogP contribution in [0.2, 0.25) is 0 Å². The molecule has 0 aromatic rings. The molecule has 62 valence electrons. The molecule has 0 bridgehead atoms. The molecule has 0 aliphatic heterocycles. The maximum absolute atomic E-state index is 5.30. The van der Waals surface area contributed by atoms with Crippen molar-refractivity contribution in [1.82, 2.24) is 0 Å². The molecule has 0 saturated carbocycles. The minimum atomic E-state index is -0.0237.